The minimum absolute atomic E-state index is 0.286. The van der Waals surface area contributed by atoms with Crippen LogP contribution in [0.3, 0.4) is 0 Å². The average Bonchev–Trinajstić information content (AvgIpc) is 2.45. The lowest BCUT2D eigenvalue weighted by atomic mass is 10.1. The Labute approximate surface area is 110 Å². The number of rotatable bonds is 4. The second kappa shape index (κ2) is 5.56. The first kappa shape index (κ1) is 13.1. The summed E-state index contributed by atoms with van der Waals surface area (Å²) in [5.41, 5.74) is 0.535. The zero-order chi connectivity index (χ0) is 13.8. The minimum Gasteiger partial charge on any atom is -0.497 e. The number of methoxy groups -OCH3 is 1. The smallest absolute Gasteiger partial charge is 0.330 e. The molecule has 0 aliphatic rings. The second-order valence-electron chi connectivity index (χ2n) is 4.29. The number of hydrogen-bond donors (Lipinski definition) is 0. The Balaban J connectivity index is 2.12. The maximum absolute atomic E-state index is 11.8. The summed E-state index contributed by atoms with van der Waals surface area (Å²) in [6, 6.07) is 9.10. The lowest BCUT2D eigenvalue weighted by Crippen LogP contribution is -2.37. The summed E-state index contributed by atoms with van der Waals surface area (Å²) in [4.78, 5) is 23.1. The highest BCUT2D eigenvalue weighted by Crippen LogP contribution is 2.11. The van der Waals surface area contributed by atoms with E-state index in [1.54, 1.807) is 7.11 Å². The number of aryl methyl sites for hydroxylation is 2. The van der Waals surface area contributed by atoms with Gasteiger partial charge >= 0.3 is 5.69 Å². The fourth-order valence-corrected chi connectivity index (χ4v) is 1.83. The maximum Gasteiger partial charge on any atom is 0.330 e. The average molecular weight is 260 g/mol. The number of benzene rings is 1. The van der Waals surface area contributed by atoms with Gasteiger partial charge in [-0.2, -0.15) is 0 Å². The largest absolute Gasteiger partial charge is 0.497 e. The van der Waals surface area contributed by atoms with Crippen LogP contribution in [0.4, 0.5) is 0 Å². The van der Waals surface area contributed by atoms with Crippen molar-refractivity contribution in [2.45, 2.75) is 13.0 Å². The predicted octanol–water partition coefficient (Wildman–Crippen LogP) is 0.798. The molecule has 0 bridgehead atoms. The Hall–Kier alpha value is -2.30. The Kier molecular flexibility index (Phi) is 3.85. The number of ether oxygens (including phenoxy) is 1. The van der Waals surface area contributed by atoms with Gasteiger partial charge in [0.15, 0.2) is 0 Å². The Morgan fingerprint density at radius 1 is 1.11 bits per heavy atom. The summed E-state index contributed by atoms with van der Waals surface area (Å²) in [7, 11) is 3.10. The van der Waals surface area contributed by atoms with Crippen molar-refractivity contribution in [3.63, 3.8) is 0 Å². The molecule has 5 heteroatoms. The molecule has 0 fully saturated rings. The van der Waals surface area contributed by atoms with E-state index in [4.69, 9.17) is 4.74 Å². The van der Waals surface area contributed by atoms with E-state index < -0.39 is 0 Å². The first-order valence-electron chi connectivity index (χ1n) is 6.01. The summed E-state index contributed by atoms with van der Waals surface area (Å²) >= 11 is 0. The van der Waals surface area contributed by atoms with E-state index >= 15 is 0 Å². The zero-order valence-electron chi connectivity index (χ0n) is 11.0. The molecule has 0 amide bonds. The fourth-order valence-electron chi connectivity index (χ4n) is 1.83. The lowest BCUT2D eigenvalue weighted by Gasteiger charge is -2.07. The monoisotopic (exact) mass is 260 g/mol. The molecule has 2 rings (SSSR count). The van der Waals surface area contributed by atoms with Crippen LogP contribution in [0.5, 0.6) is 5.75 Å². The molecule has 0 saturated carbocycles. The van der Waals surface area contributed by atoms with Crippen LogP contribution in [0.2, 0.25) is 0 Å². The van der Waals surface area contributed by atoms with Crippen LogP contribution in [0.25, 0.3) is 0 Å². The van der Waals surface area contributed by atoms with E-state index in [2.05, 4.69) is 0 Å². The zero-order valence-corrected chi connectivity index (χ0v) is 11.0. The normalized spacial score (nSPS) is 10.4. The molecule has 0 aliphatic carbocycles. The van der Waals surface area contributed by atoms with E-state index in [9.17, 15) is 9.59 Å². The van der Waals surface area contributed by atoms with Gasteiger partial charge in [0.2, 0.25) is 0 Å². The third-order valence-electron chi connectivity index (χ3n) is 3.06. The van der Waals surface area contributed by atoms with Crippen molar-refractivity contribution in [1.82, 2.24) is 9.13 Å². The van der Waals surface area contributed by atoms with Gasteiger partial charge in [-0.15, -0.1) is 0 Å². The molecular formula is C14H16N2O3. The van der Waals surface area contributed by atoms with Crippen LogP contribution in [-0.2, 0) is 20.0 Å². The number of nitrogens with zero attached hydrogens (tertiary/aromatic N) is 2. The maximum atomic E-state index is 11.8. The van der Waals surface area contributed by atoms with Gasteiger partial charge in [-0.3, -0.25) is 9.36 Å². The van der Waals surface area contributed by atoms with Gasteiger partial charge in [-0.25, -0.2) is 4.79 Å². The molecule has 1 aromatic carbocycles. The van der Waals surface area contributed by atoms with Crippen molar-refractivity contribution in [1.29, 1.82) is 0 Å². The SMILES string of the molecule is COc1ccc(CCn2ccc(=O)n(C)c2=O)cc1. The molecule has 0 atom stereocenters. The highest BCUT2D eigenvalue weighted by atomic mass is 16.5. The topological polar surface area (TPSA) is 53.2 Å². The van der Waals surface area contributed by atoms with Crippen molar-refractivity contribution >= 4 is 0 Å². The van der Waals surface area contributed by atoms with Gasteiger partial charge in [0.1, 0.15) is 5.75 Å². The van der Waals surface area contributed by atoms with Crippen molar-refractivity contribution in [3.05, 3.63) is 62.9 Å². The summed E-state index contributed by atoms with van der Waals surface area (Å²) in [5.74, 6) is 0.808. The molecule has 1 aromatic heterocycles. The standard InChI is InChI=1S/C14H16N2O3/c1-15-13(17)8-10-16(14(15)18)9-7-11-3-5-12(19-2)6-4-11/h3-6,8,10H,7,9H2,1-2H3. The summed E-state index contributed by atoms with van der Waals surface area (Å²) in [5, 5.41) is 0. The highest BCUT2D eigenvalue weighted by Gasteiger charge is 2.01. The van der Waals surface area contributed by atoms with E-state index in [-0.39, 0.29) is 11.2 Å². The van der Waals surface area contributed by atoms with Gasteiger partial charge in [0, 0.05) is 25.9 Å². The van der Waals surface area contributed by atoms with Gasteiger partial charge in [-0.05, 0) is 24.1 Å². The molecule has 0 N–H and O–H groups in total. The van der Waals surface area contributed by atoms with E-state index in [0.717, 1.165) is 22.3 Å². The van der Waals surface area contributed by atoms with Crippen molar-refractivity contribution < 1.29 is 4.74 Å². The lowest BCUT2D eigenvalue weighted by molar-refractivity contribution is 0.414. The summed E-state index contributed by atoms with van der Waals surface area (Å²) in [6.45, 7) is 0.541. The molecule has 0 spiro atoms. The molecule has 5 nitrogen and oxygen atoms in total. The molecule has 1 heterocycles. The number of hydrogen-bond acceptors (Lipinski definition) is 3. The molecule has 0 aliphatic heterocycles. The molecular weight excluding hydrogens is 244 g/mol. The Morgan fingerprint density at radius 3 is 2.42 bits per heavy atom. The van der Waals surface area contributed by atoms with Gasteiger partial charge in [0.25, 0.3) is 5.56 Å². The van der Waals surface area contributed by atoms with Crippen molar-refractivity contribution in [2.24, 2.45) is 7.05 Å². The van der Waals surface area contributed by atoms with Crippen LogP contribution < -0.4 is 16.0 Å². The predicted molar refractivity (Wildman–Crippen MR) is 72.6 cm³/mol. The van der Waals surface area contributed by atoms with Gasteiger partial charge < -0.3 is 9.30 Å². The quantitative estimate of drug-likeness (QED) is 0.817. The Morgan fingerprint density at radius 2 is 1.79 bits per heavy atom. The molecule has 0 radical (unpaired) electrons. The van der Waals surface area contributed by atoms with Gasteiger partial charge in [0.05, 0.1) is 7.11 Å². The second-order valence-corrected chi connectivity index (χ2v) is 4.29. The molecule has 19 heavy (non-hydrogen) atoms. The molecule has 0 saturated heterocycles. The first-order valence-corrected chi connectivity index (χ1v) is 6.01. The third-order valence-corrected chi connectivity index (χ3v) is 3.06. The highest BCUT2D eigenvalue weighted by molar-refractivity contribution is 5.27. The van der Waals surface area contributed by atoms with Crippen LogP contribution in [-0.4, -0.2) is 16.2 Å². The molecule has 0 unspecified atom stereocenters. The van der Waals surface area contributed by atoms with Gasteiger partial charge in [-0.1, -0.05) is 12.1 Å². The summed E-state index contributed by atoms with van der Waals surface area (Å²) < 4.78 is 7.73. The molecule has 100 valence electrons. The Bertz CT molecular complexity index is 668. The molecule has 2 aromatic rings. The number of aromatic nitrogens is 2. The summed E-state index contributed by atoms with van der Waals surface area (Å²) in [6.07, 6.45) is 2.26. The minimum atomic E-state index is -0.291. The van der Waals surface area contributed by atoms with Crippen molar-refractivity contribution in [3.8, 4) is 5.75 Å². The first-order chi connectivity index (χ1) is 9.11. The van der Waals surface area contributed by atoms with Crippen LogP contribution in [0.1, 0.15) is 5.56 Å². The van der Waals surface area contributed by atoms with Crippen LogP contribution >= 0.6 is 0 Å². The van der Waals surface area contributed by atoms with Crippen molar-refractivity contribution in [2.75, 3.05) is 7.11 Å². The van der Waals surface area contributed by atoms with Crippen LogP contribution in [0, 0.1) is 0 Å². The van der Waals surface area contributed by atoms with E-state index in [1.807, 2.05) is 24.3 Å². The third kappa shape index (κ3) is 2.93. The van der Waals surface area contributed by atoms with E-state index in [1.165, 1.54) is 23.9 Å². The van der Waals surface area contributed by atoms with Crippen LogP contribution in [0.15, 0.2) is 46.1 Å². The van der Waals surface area contributed by atoms with E-state index in [0.29, 0.717) is 6.54 Å². The fraction of sp³-hybridized carbons (Fsp3) is 0.286.